The average Bonchev–Trinajstić information content (AvgIpc) is 2.82. The zero-order valence-electron chi connectivity index (χ0n) is 19.3. The second-order valence-corrected chi connectivity index (χ2v) is 8.42. The summed E-state index contributed by atoms with van der Waals surface area (Å²) in [6.45, 7) is 6.22. The first kappa shape index (κ1) is 24.0. The van der Waals surface area contributed by atoms with E-state index >= 15 is 0 Å². The second kappa shape index (κ2) is 11.8. The van der Waals surface area contributed by atoms with Crippen LogP contribution >= 0.6 is 0 Å². The number of carbonyl (C=O) groups excluding carboxylic acids is 2. The van der Waals surface area contributed by atoms with Crippen molar-refractivity contribution in [3.63, 3.8) is 0 Å². The molecule has 3 aromatic rings. The van der Waals surface area contributed by atoms with E-state index in [0.717, 1.165) is 16.8 Å². The lowest BCUT2D eigenvalue weighted by molar-refractivity contribution is -0.130. The fourth-order valence-corrected chi connectivity index (χ4v) is 3.43. The molecule has 0 bridgehead atoms. The maximum absolute atomic E-state index is 13.2. The summed E-state index contributed by atoms with van der Waals surface area (Å²) in [5.74, 6) is 0.499. The van der Waals surface area contributed by atoms with Crippen molar-refractivity contribution in [1.82, 2.24) is 15.6 Å². The molecule has 33 heavy (non-hydrogen) atoms. The third-order valence-electron chi connectivity index (χ3n) is 5.12. The van der Waals surface area contributed by atoms with Crippen molar-refractivity contribution < 1.29 is 14.3 Å². The van der Waals surface area contributed by atoms with Gasteiger partial charge in [-0.2, -0.15) is 0 Å². The van der Waals surface area contributed by atoms with Gasteiger partial charge in [0.15, 0.2) is 0 Å². The Balaban J connectivity index is 1.68. The molecule has 0 spiro atoms. The summed E-state index contributed by atoms with van der Waals surface area (Å²) in [5, 5.41) is 5.92. The van der Waals surface area contributed by atoms with Crippen molar-refractivity contribution >= 4 is 11.8 Å². The predicted octanol–water partition coefficient (Wildman–Crippen LogP) is 4.74. The highest BCUT2D eigenvalue weighted by Crippen LogP contribution is 2.22. The molecule has 2 unspecified atom stereocenters. The highest BCUT2D eigenvalue weighted by Gasteiger charge is 2.24. The van der Waals surface area contributed by atoms with Crippen molar-refractivity contribution in [2.24, 2.45) is 5.92 Å². The Morgan fingerprint density at radius 2 is 1.61 bits per heavy atom. The maximum atomic E-state index is 13.2. The number of pyridine rings is 1. The van der Waals surface area contributed by atoms with E-state index in [1.807, 2.05) is 93.6 Å². The number of benzene rings is 2. The van der Waals surface area contributed by atoms with Gasteiger partial charge in [-0.1, -0.05) is 62.4 Å². The van der Waals surface area contributed by atoms with Gasteiger partial charge in [0.25, 0.3) is 0 Å². The van der Waals surface area contributed by atoms with Gasteiger partial charge in [0.05, 0.1) is 11.7 Å². The van der Waals surface area contributed by atoms with Crippen molar-refractivity contribution in [2.45, 2.75) is 45.9 Å². The smallest absolute Gasteiger partial charge is 0.247 e. The Labute approximate surface area is 195 Å². The molecule has 2 atom stereocenters. The number of carbonyl (C=O) groups is 2. The van der Waals surface area contributed by atoms with Crippen molar-refractivity contribution in [2.75, 3.05) is 0 Å². The minimum atomic E-state index is -0.761. The SMILES string of the molecule is CC(C)CC(=O)NC(C(=O)NC(C)c1cccc(OCc2ccccn2)c1)c1ccccc1. The first-order chi connectivity index (χ1) is 15.9. The summed E-state index contributed by atoms with van der Waals surface area (Å²) in [4.78, 5) is 29.9. The van der Waals surface area contributed by atoms with Crippen LogP contribution in [0.1, 0.15) is 56.1 Å². The van der Waals surface area contributed by atoms with Crippen molar-refractivity contribution in [3.8, 4) is 5.75 Å². The van der Waals surface area contributed by atoms with Crippen molar-refractivity contribution in [1.29, 1.82) is 0 Å². The number of hydrogen-bond donors (Lipinski definition) is 2. The molecule has 0 fully saturated rings. The van der Waals surface area contributed by atoms with Gasteiger partial charge in [-0.25, -0.2) is 0 Å². The van der Waals surface area contributed by atoms with Gasteiger partial charge in [0.1, 0.15) is 18.4 Å². The standard InChI is InChI=1S/C27H31N3O3/c1-19(2)16-25(31)30-26(21-10-5-4-6-11-21)27(32)29-20(3)22-12-9-14-24(17-22)33-18-23-13-7-8-15-28-23/h4-15,17,19-20,26H,16,18H2,1-3H3,(H,29,32)(H,30,31). The van der Waals surface area contributed by atoms with Crippen LogP contribution in [0.3, 0.4) is 0 Å². The molecule has 1 aromatic heterocycles. The Bertz CT molecular complexity index is 1040. The van der Waals surface area contributed by atoms with Gasteiger partial charge >= 0.3 is 0 Å². The number of hydrogen-bond acceptors (Lipinski definition) is 4. The zero-order valence-corrected chi connectivity index (χ0v) is 19.3. The van der Waals surface area contributed by atoms with Crippen LogP contribution < -0.4 is 15.4 Å². The Kier molecular flexibility index (Phi) is 8.58. The summed E-state index contributed by atoms with van der Waals surface area (Å²) in [5.41, 5.74) is 2.49. The minimum absolute atomic E-state index is 0.147. The molecule has 2 aromatic carbocycles. The lowest BCUT2D eigenvalue weighted by Gasteiger charge is -2.22. The van der Waals surface area contributed by atoms with Crippen LogP contribution in [0.15, 0.2) is 79.0 Å². The predicted molar refractivity (Wildman–Crippen MR) is 128 cm³/mol. The van der Waals surface area contributed by atoms with Crippen molar-refractivity contribution in [3.05, 3.63) is 95.8 Å². The highest BCUT2D eigenvalue weighted by atomic mass is 16.5. The van der Waals surface area contributed by atoms with E-state index in [1.165, 1.54) is 0 Å². The molecular weight excluding hydrogens is 414 g/mol. The van der Waals surface area contributed by atoms with E-state index in [-0.39, 0.29) is 23.8 Å². The van der Waals surface area contributed by atoms with Crippen LogP contribution in [0.25, 0.3) is 0 Å². The summed E-state index contributed by atoms with van der Waals surface area (Å²) in [7, 11) is 0. The molecule has 0 aliphatic heterocycles. The van der Waals surface area contributed by atoms with Gasteiger partial charge in [0, 0.05) is 12.6 Å². The Hall–Kier alpha value is -3.67. The number of nitrogens with zero attached hydrogens (tertiary/aromatic N) is 1. The lowest BCUT2D eigenvalue weighted by Crippen LogP contribution is -2.41. The van der Waals surface area contributed by atoms with Crippen LogP contribution in [0.5, 0.6) is 5.75 Å². The van der Waals surface area contributed by atoms with Gasteiger partial charge < -0.3 is 15.4 Å². The summed E-state index contributed by atoms with van der Waals surface area (Å²) < 4.78 is 5.86. The molecule has 6 nitrogen and oxygen atoms in total. The minimum Gasteiger partial charge on any atom is -0.487 e. The quantitative estimate of drug-likeness (QED) is 0.472. The largest absolute Gasteiger partial charge is 0.487 e. The molecule has 2 amide bonds. The van der Waals surface area contributed by atoms with Gasteiger partial charge in [0.2, 0.25) is 11.8 Å². The lowest BCUT2D eigenvalue weighted by atomic mass is 10.0. The first-order valence-corrected chi connectivity index (χ1v) is 11.2. The molecule has 0 aliphatic rings. The first-order valence-electron chi connectivity index (χ1n) is 11.2. The molecule has 1 heterocycles. The van der Waals surface area contributed by atoms with Gasteiger partial charge in [-0.3, -0.25) is 14.6 Å². The highest BCUT2D eigenvalue weighted by molar-refractivity contribution is 5.89. The molecule has 6 heteroatoms. The van der Waals surface area contributed by atoms with E-state index < -0.39 is 6.04 Å². The number of aromatic nitrogens is 1. The number of nitrogens with one attached hydrogen (secondary N) is 2. The molecule has 0 saturated carbocycles. The Morgan fingerprint density at radius 1 is 0.879 bits per heavy atom. The van der Waals surface area contributed by atoms with Crippen LogP contribution in [0.4, 0.5) is 0 Å². The van der Waals surface area contributed by atoms with Crippen LogP contribution in [0.2, 0.25) is 0 Å². The molecule has 0 saturated heterocycles. The number of ether oxygens (including phenoxy) is 1. The molecule has 3 rings (SSSR count). The number of amides is 2. The topological polar surface area (TPSA) is 80.3 Å². The van der Waals surface area contributed by atoms with E-state index in [1.54, 1.807) is 6.20 Å². The molecule has 172 valence electrons. The van der Waals surface area contributed by atoms with E-state index in [9.17, 15) is 9.59 Å². The zero-order chi connectivity index (χ0) is 23.6. The maximum Gasteiger partial charge on any atom is 0.247 e. The normalized spacial score (nSPS) is 12.6. The fourth-order valence-electron chi connectivity index (χ4n) is 3.43. The fraction of sp³-hybridized carbons (Fsp3) is 0.296. The Morgan fingerprint density at radius 3 is 2.30 bits per heavy atom. The van der Waals surface area contributed by atoms with Crippen LogP contribution in [0, 0.1) is 5.92 Å². The summed E-state index contributed by atoms with van der Waals surface area (Å²) in [6, 6.07) is 21.6. The number of rotatable bonds is 10. The summed E-state index contributed by atoms with van der Waals surface area (Å²) >= 11 is 0. The molecular formula is C27H31N3O3. The molecule has 0 radical (unpaired) electrons. The average molecular weight is 446 g/mol. The second-order valence-electron chi connectivity index (χ2n) is 8.42. The van der Waals surface area contributed by atoms with E-state index in [4.69, 9.17) is 4.74 Å². The van der Waals surface area contributed by atoms with E-state index in [2.05, 4.69) is 15.6 Å². The van der Waals surface area contributed by atoms with Crippen LogP contribution in [-0.2, 0) is 16.2 Å². The van der Waals surface area contributed by atoms with Crippen LogP contribution in [-0.4, -0.2) is 16.8 Å². The van der Waals surface area contributed by atoms with Gasteiger partial charge in [-0.05, 0) is 48.2 Å². The molecule has 2 N–H and O–H groups in total. The third kappa shape index (κ3) is 7.45. The molecule has 0 aliphatic carbocycles. The van der Waals surface area contributed by atoms with Gasteiger partial charge in [-0.15, -0.1) is 0 Å². The summed E-state index contributed by atoms with van der Waals surface area (Å²) in [6.07, 6.45) is 2.09. The monoisotopic (exact) mass is 445 g/mol. The van der Waals surface area contributed by atoms with E-state index in [0.29, 0.717) is 18.8 Å². The third-order valence-corrected chi connectivity index (χ3v) is 5.12.